The molecule has 19 heavy (non-hydrogen) atoms. The summed E-state index contributed by atoms with van der Waals surface area (Å²) in [5.41, 5.74) is 1.18. The van der Waals surface area contributed by atoms with Crippen LogP contribution in [0.2, 0.25) is 0 Å². The molecule has 1 aromatic rings. The van der Waals surface area contributed by atoms with Crippen molar-refractivity contribution in [3.63, 3.8) is 0 Å². The number of hydrogen-bond acceptors (Lipinski definition) is 3. The van der Waals surface area contributed by atoms with Crippen molar-refractivity contribution in [1.82, 2.24) is 5.32 Å². The van der Waals surface area contributed by atoms with Crippen LogP contribution in [0.15, 0.2) is 16.6 Å². The van der Waals surface area contributed by atoms with E-state index in [-0.39, 0.29) is 0 Å². The van der Waals surface area contributed by atoms with E-state index in [1.54, 1.807) is 14.2 Å². The van der Waals surface area contributed by atoms with Crippen LogP contribution in [0.4, 0.5) is 0 Å². The van der Waals surface area contributed by atoms with Crippen molar-refractivity contribution in [2.75, 3.05) is 21.3 Å². The van der Waals surface area contributed by atoms with Gasteiger partial charge in [0.15, 0.2) is 0 Å². The maximum atomic E-state index is 5.52. The zero-order chi connectivity index (χ0) is 13.8. The Labute approximate surface area is 123 Å². The number of rotatable bonds is 6. The minimum atomic E-state index is 0.322. The highest BCUT2D eigenvalue weighted by Crippen LogP contribution is 2.40. The molecule has 1 atom stereocenters. The van der Waals surface area contributed by atoms with Crippen LogP contribution in [0.25, 0.3) is 0 Å². The monoisotopic (exact) mass is 327 g/mol. The van der Waals surface area contributed by atoms with Crippen LogP contribution >= 0.6 is 15.9 Å². The Morgan fingerprint density at radius 1 is 1.26 bits per heavy atom. The minimum absolute atomic E-state index is 0.322. The summed E-state index contributed by atoms with van der Waals surface area (Å²) >= 11 is 3.50. The SMILES string of the molecule is CNC(CC1CCC1)c1cc(OC)c(Br)cc1OC. The van der Waals surface area contributed by atoms with Crippen molar-refractivity contribution in [1.29, 1.82) is 0 Å². The van der Waals surface area contributed by atoms with Gasteiger partial charge in [0.1, 0.15) is 11.5 Å². The molecule has 0 saturated heterocycles. The van der Waals surface area contributed by atoms with Gasteiger partial charge >= 0.3 is 0 Å². The zero-order valence-corrected chi connectivity index (χ0v) is 13.4. The summed E-state index contributed by atoms with van der Waals surface area (Å²) in [4.78, 5) is 0. The zero-order valence-electron chi connectivity index (χ0n) is 11.8. The average Bonchev–Trinajstić information content (AvgIpc) is 2.38. The molecule has 1 aliphatic carbocycles. The van der Waals surface area contributed by atoms with Crippen molar-refractivity contribution in [3.8, 4) is 11.5 Å². The fraction of sp³-hybridized carbons (Fsp3) is 0.600. The molecule has 0 heterocycles. The normalized spacial score (nSPS) is 16.8. The number of ether oxygens (including phenoxy) is 2. The van der Waals surface area contributed by atoms with Crippen molar-refractivity contribution in [2.24, 2.45) is 5.92 Å². The Kier molecular flexibility index (Phi) is 5.11. The second kappa shape index (κ2) is 6.62. The lowest BCUT2D eigenvalue weighted by Crippen LogP contribution is -2.23. The van der Waals surface area contributed by atoms with Gasteiger partial charge in [-0.3, -0.25) is 0 Å². The molecule has 106 valence electrons. The lowest BCUT2D eigenvalue weighted by Gasteiger charge is -2.30. The number of nitrogens with one attached hydrogen (secondary N) is 1. The number of hydrogen-bond donors (Lipinski definition) is 1. The van der Waals surface area contributed by atoms with Crippen molar-refractivity contribution in [3.05, 3.63) is 22.2 Å². The van der Waals surface area contributed by atoms with Crippen LogP contribution < -0.4 is 14.8 Å². The standard InChI is InChI=1S/C15H22BrNO2/c1-17-13(7-10-5-4-6-10)11-8-15(19-3)12(16)9-14(11)18-2/h8-10,13,17H,4-7H2,1-3H3. The van der Waals surface area contributed by atoms with Crippen molar-refractivity contribution < 1.29 is 9.47 Å². The summed E-state index contributed by atoms with van der Waals surface area (Å²) in [5, 5.41) is 3.41. The molecule has 1 saturated carbocycles. The van der Waals surface area contributed by atoms with E-state index in [1.165, 1.54) is 24.8 Å². The third kappa shape index (κ3) is 3.23. The topological polar surface area (TPSA) is 30.5 Å². The molecule has 3 nitrogen and oxygen atoms in total. The van der Waals surface area contributed by atoms with E-state index in [4.69, 9.17) is 9.47 Å². The molecule has 0 bridgehead atoms. The van der Waals surface area contributed by atoms with Gasteiger partial charge in [-0.2, -0.15) is 0 Å². The number of methoxy groups -OCH3 is 2. The van der Waals surface area contributed by atoms with Crippen LogP contribution in [0, 0.1) is 5.92 Å². The van der Waals surface area contributed by atoms with E-state index in [0.717, 1.165) is 28.3 Å². The first kappa shape index (κ1) is 14.7. The molecule has 2 rings (SSSR count). The van der Waals surface area contributed by atoms with Gasteiger partial charge in [0.2, 0.25) is 0 Å². The highest BCUT2D eigenvalue weighted by molar-refractivity contribution is 9.10. The lowest BCUT2D eigenvalue weighted by molar-refractivity contribution is 0.262. The van der Waals surface area contributed by atoms with Gasteiger partial charge in [0, 0.05) is 11.6 Å². The summed E-state index contributed by atoms with van der Waals surface area (Å²) in [6, 6.07) is 4.38. The molecule has 1 fully saturated rings. The maximum absolute atomic E-state index is 5.52. The van der Waals surface area contributed by atoms with Gasteiger partial charge < -0.3 is 14.8 Å². The predicted molar refractivity (Wildman–Crippen MR) is 81.0 cm³/mol. The molecule has 1 aliphatic rings. The highest BCUT2D eigenvalue weighted by Gasteiger charge is 2.25. The van der Waals surface area contributed by atoms with Crippen molar-refractivity contribution >= 4 is 15.9 Å². The van der Waals surface area contributed by atoms with Gasteiger partial charge in [0.05, 0.1) is 18.7 Å². The lowest BCUT2D eigenvalue weighted by atomic mass is 9.79. The van der Waals surface area contributed by atoms with E-state index in [0.29, 0.717) is 6.04 Å². The fourth-order valence-electron chi connectivity index (χ4n) is 2.62. The Balaban J connectivity index is 2.27. The van der Waals surface area contributed by atoms with Gasteiger partial charge in [-0.05, 0) is 47.4 Å². The van der Waals surface area contributed by atoms with Crippen LogP contribution in [-0.2, 0) is 0 Å². The Bertz CT molecular complexity index is 432. The molecular weight excluding hydrogens is 306 g/mol. The van der Waals surface area contributed by atoms with Gasteiger partial charge in [0.25, 0.3) is 0 Å². The summed E-state index contributed by atoms with van der Waals surface area (Å²) in [6.07, 6.45) is 5.25. The highest BCUT2D eigenvalue weighted by atomic mass is 79.9. The molecule has 0 spiro atoms. The number of benzene rings is 1. The number of halogens is 1. The summed E-state index contributed by atoms with van der Waals surface area (Å²) in [5.74, 6) is 2.60. The maximum Gasteiger partial charge on any atom is 0.133 e. The Morgan fingerprint density at radius 2 is 1.95 bits per heavy atom. The van der Waals surface area contributed by atoms with E-state index in [1.807, 2.05) is 13.1 Å². The smallest absolute Gasteiger partial charge is 0.133 e. The largest absolute Gasteiger partial charge is 0.496 e. The summed E-state index contributed by atoms with van der Waals surface area (Å²) < 4.78 is 11.8. The molecule has 4 heteroatoms. The molecule has 1 N–H and O–H groups in total. The third-order valence-corrected chi connectivity index (χ3v) is 4.64. The van der Waals surface area contributed by atoms with Crippen LogP contribution in [-0.4, -0.2) is 21.3 Å². The third-order valence-electron chi connectivity index (χ3n) is 4.02. The molecule has 0 amide bonds. The first-order chi connectivity index (χ1) is 9.19. The molecule has 0 aliphatic heterocycles. The first-order valence-electron chi connectivity index (χ1n) is 6.78. The van der Waals surface area contributed by atoms with Gasteiger partial charge in [-0.1, -0.05) is 19.3 Å². The van der Waals surface area contributed by atoms with E-state index >= 15 is 0 Å². The Hall–Kier alpha value is -0.740. The van der Waals surface area contributed by atoms with Gasteiger partial charge in [-0.15, -0.1) is 0 Å². The van der Waals surface area contributed by atoms with Crippen LogP contribution in [0.3, 0.4) is 0 Å². The quantitative estimate of drug-likeness (QED) is 0.859. The fourth-order valence-corrected chi connectivity index (χ4v) is 3.10. The summed E-state index contributed by atoms with van der Waals surface area (Å²) in [6.45, 7) is 0. The second-order valence-corrected chi connectivity index (χ2v) is 5.96. The van der Waals surface area contributed by atoms with Crippen LogP contribution in [0.5, 0.6) is 11.5 Å². The molecule has 1 unspecified atom stereocenters. The average molecular weight is 328 g/mol. The molecule has 0 aromatic heterocycles. The Morgan fingerprint density at radius 3 is 2.42 bits per heavy atom. The molecule has 0 radical (unpaired) electrons. The van der Waals surface area contributed by atoms with Crippen molar-refractivity contribution in [2.45, 2.75) is 31.7 Å². The van der Waals surface area contributed by atoms with Gasteiger partial charge in [-0.25, -0.2) is 0 Å². The predicted octanol–water partition coefficient (Wildman–Crippen LogP) is 3.92. The first-order valence-corrected chi connectivity index (χ1v) is 7.57. The van der Waals surface area contributed by atoms with E-state index in [9.17, 15) is 0 Å². The van der Waals surface area contributed by atoms with E-state index < -0.39 is 0 Å². The minimum Gasteiger partial charge on any atom is -0.496 e. The van der Waals surface area contributed by atoms with Crippen LogP contribution in [0.1, 0.15) is 37.3 Å². The second-order valence-electron chi connectivity index (χ2n) is 5.10. The summed E-state index contributed by atoms with van der Waals surface area (Å²) in [7, 11) is 5.42. The van der Waals surface area contributed by atoms with E-state index in [2.05, 4.69) is 27.3 Å². The molecule has 1 aromatic carbocycles. The molecular formula is C15H22BrNO2.